The fourth-order valence-electron chi connectivity index (χ4n) is 3.91. The van der Waals surface area contributed by atoms with Crippen molar-refractivity contribution < 1.29 is 9.47 Å². The Hall–Kier alpha value is -1.41. The summed E-state index contributed by atoms with van der Waals surface area (Å²) in [5.74, 6) is 18.7. The van der Waals surface area contributed by atoms with Crippen LogP contribution in [0.4, 0.5) is 0 Å². The fourth-order valence-corrected chi connectivity index (χ4v) is 8.63. The summed E-state index contributed by atoms with van der Waals surface area (Å²) in [4.78, 5) is 0. The Kier molecular flexibility index (Phi) is 11.9. The first-order valence-corrected chi connectivity index (χ1v) is 17.7. The van der Waals surface area contributed by atoms with Crippen molar-refractivity contribution in [1.82, 2.24) is 0 Å². The summed E-state index contributed by atoms with van der Waals surface area (Å²) < 4.78 is 12.0. The fraction of sp³-hybridized carbons (Fsp3) is 0.714. The van der Waals surface area contributed by atoms with Gasteiger partial charge in [0.15, 0.2) is 5.79 Å². The van der Waals surface area contributed by atoms with Crippen LogP contribution >= 0.6 is 0 Å². The molecule has 32 heavy (non-hydrogen) atoms. The molecular formula is C28H44O2Si2. The van der Waals surface area contributed by atoms with E-state index in [1.54, 1.807) is 0 Å². The van der Waals surface area contributed by atoms with Gasteiger partial charge in [-0.1, -0.05) is 53.4 Å². The highest BCUT2D eigenvalue weighted by Gasteiger charge is 2.39. The molecule has 1 saturated heterocycles. The molecule has 2 nitrogen and oxygen atoms in total. The molecule has 0 saturated carbocycles. The third kappa shape index (κ3) is 8.51. The Balaban J connectivity index is 2.97. The minimum Gasteiger partial charge on any atom is -0.350 e. The second-order valence-electron chi connectivity index (χ2n) is 9.62. The Morgan fingerprint density at radius 2 is 0.938 bits per heavy atom. The third-order valence-corrected chi connectivity index (χ3v) is 16.8. The van der Waals surface area contributed by atoms with Crippen molar-refractivity contribution in [2.75, 3.05) is 13.2 Å². The molecule has 0 N–H and O–H groups in total. The minimum atomic E-state index is -1.45. The molecular weight excluding hydrogens is 424 g/mol. The first kappa shape index (κ1) is 28.6. The predicted octanol–water partition coefficient (Wildman–Crippen LogP) is 6.64. The lowest BCUT2D eigenvalue weighted by Gasteiger charge is -2.41. The minimum absolute atomic E-state index is 0.220. The van der Waals surface area contributed by atoms with Gasteiger partial charge in [0.25, 0.3) is 0 Å². The summed E-state index contributed by atoms with van der Waals surface area (Å²) in [6.07, 6.45) is 1.35. The van der Waals surface area contributed by atoms with Crippen molar-refractivity contribution in [3.05, 3.63) is 0 Å². The first-order valence-electron chi connectivity index (χ1n) is 12.5. The Morgan fingerprint density at radius 1 is 0.594 bits per heavy atom. The van der Waals surface area contributed by atoms with E-state index in [9.17, 15) is 0 Å². The van der Waals surface area contributed by atoms with Crippen LogP contribution in [0, 0.1) is 52.0 Å². The molecule has 0 atom stereocenters. The SMILES string of the molecule is CC[Si](C#CC#CCC1(CC#CC#C[Si](CC)(CC)CC)COC(C)(C)OC1)(CC)CC. The van der Waals surface area contributed by atoms with E-state index in [4.69, 9.17) is 9.47 Å². The predicted molar refractivity (Wildman–Crippen MR) is 143 cm³/mol. The number of ether oxygens (including phenoxy) is 2. The third-order valence-electron chi connectivity index (χ3n) is 7.40. The average molecular weight is 469 g/mol. The van der Waals surface area contributed by atoms with Crippen LogP contribution in [0.15, 0.2) is 0 Å². The van der Waals surface area contributed by atoms with Crippen LogP contribution in [-0.2, 0) is 9.47 Å². The molecule has 1 aliphatic rings. The van der Waals surface area contributed by atoms with Gasteiger partial charge in [0.2, 0.25) is 0 Å². The van der Waals surface area contributed by atoms with E-state index in [2.05, 4.69) is 88.2 Å². The van der Waals surface area contributed by atoms with Crippen molar-refractivity contribution in [3.63, 3.8) is 0 Å². The van der Waals surface area contributed by atoms with Crippen molar-refractivity contribution in [3.8, 4) is 46.6 Å². The van der Waals surface area contributed by atoms with Gasteiger partial charge in [0.1, 0.15) is 16.1 Å². The number of hydrogen-bond acceptors (Lipinski definition) is 2. The lowest BCUT2D eigenvalue weighted by atomic mass is 9.82. The van der Waals surface area contributed by atoms with Gasteiger partial charge in [-0.05, 0) is 73.8 Å². The summed E-state index contributed by atoms with van der Waals surface area (Å²) in [5, 5.41) is 0. The maximum absolute atomic E-state index is 5.99. The molecule has 4 heteroatoms. The molecule has 0 spiro atoms. The van der Waals surface area contributed by atoms with E-state index >= 15 is 0 Å². The van der Waals surface area contributed by atoms with Crippen LogP contribution in [-0.4, -0.2) is 35.1 Å². The topological polar surface area (TPSA) is 18.5 Å². The summed E-state index contributed by atoms with van der Waals surface area (Å²) in [7, 11) is -2.89. The van der Waals surface area contributed by atoms with E-state index in [-0.39, 0.29) is 5.41 Å². The maximum Gasteiger partial charge on any atom is 0.162 e. The van der Waals surface area contributed by atoms with Gasteiger partial charge >= 0.3 is 0 Å². The van der Waals surface area contributed by atoms with E-state index < -0.39 is 21.9 Å². The molecule has 0 aromatic carbocycles. The van der Waals surface area contributed by atoms with Gasteiger partial charge in [-0.3, -0.25) is 0 Å². The van der Waals surface area contributed by atoms with Gasteiger partial charge in [0, 0.05) is 18.3 Å². The van der Waals surface area contributed by atoms with E-state index in [0.717, 1.165) is 0 Å². The summed E-state index contributed by atoms with van der Waals surface area (Å²) >= 11 is 0. The van der Waals surface area contributed by atoms with Crippen molar-refractivity contribution in [1.29, 1.82) is 0 Å². The molecule has 0 radical (unpaired) electrons. The highest BCUT2D eigenvalue weighted by atomic mass is 28.3. The smallest absolute Gasteiger partial charge is 0.162 e. The van der Waals surface area contributed by atoms with Gasteiger partial charge in [-0.15, -0.1) is 11.1 Å². The van der Waals surface area contributed by atoms with Crippen molar-refractivity contribution >= 4 is 16.1 Å². The molecule has 1 aliphatic heterocycles. The van der Waals surface area contributed by atoms with Gasteiger partial charge in [-0.2, -0.15) is 0 Å². The molecule has 1 fully saturated rings. The largest absolute Gasteiger partial charge is 0.350 e. The van der Waals surface area contributed by atoms with Crippen LogP contribution in [0.1, 0.15) is 68.2 Å². The highest BCUT2D eigenvalue weighted by Crippen LogP contribution is 2.35. The Morgan fingerprint density at radius 3 is 1.25 bits per heavy atom. The van der Waals surface area contributed by atoms with Crippen LogP contribution in [0.5, 0.6) is 0 Å². The van der Waals surface area contributed by atoms with Crippen LogP contribution in [0.2, 0.25) is 36.3 Å². The Labute approximate surface area is 201 Å². The van der Waals surface area contributed by atoms with Gasteiger partial charge < -0.3 is 9.47 Å². The average Bonchev–Trinajstić information content (AvgIpc) is 2.81. The molecule has 0 amide bonds. The van der Waals surface area contributed by atoms with Crippen molar-refractivity contribution in [2.24, 2.45) is 5.41 Å². The second kappa shape index (κ2) is 13.3. The van der Waals surface area contributed by atoms with Gasteiger partial charge in [0.05, 0.1) is 13.2 Å². The molecule has 176 valence electrons. The maximum atomic E-state index is 5.99. The molecule has 1 heterocycles. The summed E-state index contributed by atoms with van der Waals surface area (Å²) in [6.45, 7) is 18.7. The number of hydrogen-bond donors (Lipinski definition) is 0. The zero-order valence-corrected chi connectivity index (χ0v) is 23.9. The lowest BCUT2D eigenvalue weighted by Crippen LogP contribution is -2.46. The molecule has 0 aromatic rings. The molecule has 0 bridgehead atoms. The molecule has 0 unspecified atom stereocenters. The standard InChI is InChI=1S/C28H44O2Si2/c1-9-31(10-2,11-3)23-19-15-17-21-28(25-29-27(7,8)30-26-28)22-18-16-20-24-32(12-4,13-5)14-6/h9-14,21-22,25-26H2,1-8H3. The second-order valence-corrected chi connectivity index (χ2v) is 19.5. The first-order chi connectivity index (χ1) is 15.2. The zero-order valence-electron chi connectivity index (χ0n) is 21.9. The molecule has 0 aliphatic carbocycles. The highest BCUT2D eigenvalue weighted by molar-refractivity contribution is 6.87. The van der Waals surface area contributed by atoms with Crippen LogP contribution < -0.4 is 0 Å². The quantitative estimate of drug-likeness (QED) is 0.293. The normalized spacial score (nSPS) is 16.8. The van der Waals surface area contributed by atoms with Crippen molar-refractivity contribution in [2.45, 2.75) is 110 Å². The van der Waals surface area contributed by atoms with E-state index in [1.165, 1.54) is 36.3 Å². The lowest BCUT2D eigenvalue weighted by molar-refractivity contribution is -0.283. The number of rotatable bonds is 8. The van der Waals surface area contributed by atoms with Crippen LogP contribution in [0.3, 0.4) is 0 Å². The van der Waals surface area contributed by atoms with E-state index in [1.807, 2.05) is 13.8 Å². The van der Waals surface area contributed by atoms with Gasteiger partial charge in [-0.25, -0.2) is 0 Å². The monoisotopic (exact) mass is 468 g/mol. The van der Waals surface area contributed by atoms with Crippen LogP contribution in [0.25, 0.3) is 0 Å². The molecule has 0 aromatic heterocycles. The van der Waals surface area contributed by atoms with E-state index in [0.29, 0.717) is 26.1 Å². The Bertz CT molecular complexity index is 748. The zero-order chi connectivity index (χ0) is 24.1. The molecule has 1 rings (SSSR count). The summed E-state index contributed by atoms with van der Waals surface area (Å²) in [6, 6.07) is 7.19. The summed E-state index contributed by atoms with van der Waals surface area (Å²) in [5.41, 5.74) is 6.87.